The Balaban J connectivity index is 1.87. The molecule has 1 fully saturated rings. The van der Waals surface area contributed by atoms with Crippen molar-refractivity contribution in [3.8, 4) is 0 Å². The van der Waals surface area contributed by atoms with E-state index in [2.05, 4.69) is 4.98 Å². The summed E-state index contributed by atoms with van der Waals surface area (Å²) in [7, 11) is 0. The summed E-state index contributed by atoms with van der Waals surface area (Å²) in [6, 6.07) is 3.96. The zero-order valence-electron chi connectivity index (χ0n) is 14.5. The van der Waals surface area contributed by atoms with Crippen molar-refractivity contribution in [2.45, 2.75) is 51.4 Å². The molecule has 1 aromatic carbocycles. The van der Waals surface area contributed by atoms with Gasteiger partial charge < -0.3 is 19.7 Å². The van der Waals surface area contributed by atoms with Gasteiger partial charge in [-0.25, -0.2) is 9.18 Å². The molecule has 5 nitrogen and oxygen atoms in total. The minimum atomic E-state index is -0.658. The predicted molar refractivity (Wildman–Crippen MR) is 94.3 cm³/mol. The van der Waals surface area contributed by atoms with Crippen molar-refractivity contribution in [2.24, 2.45) is 0 Å². The van der Waals surface area contributed by atoms with Gasteiger partial charge in [0, 0.05) is 17.4 Å². The SMILES string of the molecule is CC(C)(C)OC(=O)N1CC[C@H](O)[C@H]1Cc1c(Cl)[nH]c2cc(F)ccc12. The molecule has 0 unspecified atom stereocenters. The van der Waals surface area contributed by atoms with E-state index in [0.29, 0.717) is 30.1 Å². The van der Waals surface area contributed by atoms with Crippen molar-refractivity contribution in [1.29, 1.82) is 0 Å². The maximum absolute atomic E-state index is 13.4. The first-order valence-corrected chi connectivity index (χ1v) is 8.67. The van der Waals surface area contributed by atoms with Gasteiger partial charge in [-0.3, -0.25) is 0 Å². The van der Waals surface area contributed by atoms with E-state index in [0.717, 1.165) is 10.9 Å². The highest BCUT2D eigenvalue weighted by Crippen LogP contribution is 2.32. The van der Waals surface area contributed by atoms with Crippen molar-refractivity contribution >= 4 is 28.6 Å². The third-order valence-corrected chi connectivity index (χ3v) is 4.69. The Kier molecular flexibility index (Phi) is 4.68. The predicted octanol–water partition coefficient (Wildman–Crippen LogP) is 3.87. The number of carbonyl (C=O) groups is 1. The number of ether oxygens (including phenoxy) is 1. The number of amides is 1. The van der Waals surface area contributed by atoms with Crippen molar-refractivity contribution < 1.29 is 19.0 Å². The fourth-order valence-corrected chi connectivity index (χ4v) is 3.52. The van der Waals surface area contributed by atoms with Gasteiger partial charge in [-0.15, -0.1) is 0 Å². The third-order valence-electron chi connectivity index (χ3n) is 4.37. The molecule has 2 N–H and O–H groups in total. The highest BCUT2D eigenvalue weighted by molar-refractivity contribution is 6.31. The molecule has 0 saturated carbocycles. The summed E-state index contributed by atoms with van der Waals surface area (Å²) < 4.78 is 18.8. The van der Waals surface area contributed by atoms with E-state index in [4.69, 9.17) is 16.3 Å². The summed E-state index contributed by atoms with van der Waals surface area (Å²) in [6.45, 7) is 5.84. The summed E-state index contributed by atoms with van der Waals surface area (Å²) in [4.78, 5) is 16.9. The lowest BCUT2D eigenvalue weighted by atomic mass is 10.0. The molecule has 7 heteroatoms. The molecule has 3 rings (SSSR count). The van der Waals surface area contributed by atoms with Crippen molar-refractivity contribution in [1.82, 2.24) is 9.88 Å². The highest BCUT2D eigenvalue weighted by atomic mass is 35.5. The Bertz CT molecular complexity index is 799. The Morgan fingerprint density at radius 2 is 2.20 bits per heavy atom. The average Bonchev–Trinajstić information content (AvgIpc) is 2.99. The van der Waals surface area contributed by atoms with E-state index >= 15 is 0 Å². The van der Waals surface area contributed by atoms with Gasteiger partial charge in [-0.1, -0.05) is 11.6 Å². The Morgan fingerprint density at radius 3 is 2.88 bits per heavy atom. The van der Waals surface area contributed by atoms with Crippen molar-refractivity contribution in [3.05, 3.63) is 34.7 Å². The van der Waals surface area contributed by atoms with Crippen LogP contribution in [0.4, 0.5) is 9.18 Å². The molecule has 2 heterocycles. The second-order valence-corrected chi connectivity index (χ2v) is 7.79. The van der Waals surface area contributed by atoms with Crippen LogP contribution in [0.2, 0.25) is 5.15 Å². The second kappa shape index (κ2) is 6.50. The van der Waals surface area contributed by atoms with Crippen molar-refractivity contribution in [2.75, 3.05) is 6.54 Å². The Hall–Kier alpha value is -1.79. The number of aliphatic hydroxyl groups excluding tert-OH is 1. The second-order valence-electron chi connectivity index (χ2n) is 7.41. The van der Waals surface area contributed by atoms with Gasteiger partial charge in [-0.05, 0) is 57.4 Å². The highest BCUT2D eigenvalue weighted by Gasteiger charge is 2.38. The van der Waals surface area contributed by atoms with Crippen LogP contribution in [0.5, 0.6) is 0 Å². The number of aromatic nitrogens is 1. The molecule has 136 valence electrons. The quantitative estimate of drug-likeness (QED) is 0.845. The summed E-state index contributed by atoms with van der Waals surface area (Å²) >= 11 is 6.29. The van der Waals surface area contributed by atoms with Crippen LogP contribution in [0, 0.1) is 5.82 Å². The maximum Gasteiger partial charge on any atom is 0.410 e. The first-order valence-electron chi connectivity index (χ1n) is 8.29. The summed E-state index contributed by atoms with van der Waals surface area (Å²) in [5.74, 6) is -0.353. The zero-order chi connectivity index (χ0) is 18.4. The molecule has 0 radical (unpaired) electrons. The zero-order valence-corrected chi connectivity index (χ0v) is 15.2. The first-order chi connectivity index (χ1) is 11.7. The number of benzene rings is 1. The fourth-order valence-electron chi connectivity index (χ4n) is 3.23. The van der Waals surface area contributed by atoms with Crippen LogP contribution in [-0.4, -0.2) is 45.4 Å². The number of fused-ring (bicyclic) bond motifs is 1. The smallest absolute Gasteiger partial charge is 0.410 e. The largest absolute Gasteiger partial charge is 0.444 e. The molecular formula is C18H22ClFN2O3. The van der Waals surface area contributed by atoms with Crippen LogP contribution >= 0.6 is 11.6 Å². The normalized spacial score (nSPS) is 21.1. The van der Waals surface area contributed by atoms with E-state index in [1.807, 2.05) is 0 Å². The van der Waals surface area contributed by atoms with Crippen LogP contribution < -0.4 is 0 Å². The van der Waals surface area contributed by atoms with Gasteiger partial charge in [-0.2, -0.15) is 0 Å². The lowest BCUT2D eigenvalue weighted by molar-refractivity contribution is 0.0156. The fraction of sp³-hybridized carbons (Fsp3) is 0.500. The molecule has 0 spiro atoms. The summed E-state index contributed by atoms with van der Waals surface area (Å²) in [6.07, 6.45) is -0.256. The van der Waals surface area contributed by atoms with Gasteiger partial charge in [0.15, 0.2) is 0 Å². The number of nitrogens with zero attached hydrogens (tertiary/aromatic N) is 1. The Labute approximate surface area is 150 Å². The number of aromatic amines is 1. The number of likely N-dealkylation sites (tertiary alicyclic amines) is 1. The maximum atomic E-state index is 13.4. The molecule has 25 heavy (non-hydrogen) atoms. The number of hydrogen-bond acceptors (Lipinski definition) is 3. The number of H-pyrrole nitrogens is 1. The van der Waals surface area contributed by atoms with E-state index in [9.17, 15) is 14.3 Å². The molecule has 0 bridgehead atoms. The van der Waals surface area contributed by atoms with Crippen LogP contribution in [0.1, 0.15) is 32.8 Å². The van der Waals surface area contributed by atoms with Crippen LogP contribution in [0.3, 0.4) is 0 Å². The van der Waals surface area contributed by atoms with Gasteiger partial charge >= 0.3 is 6.09 Å². The Morgan fingerprint density at radius 1 is 1.48 bits per heavy atom. The lowest BCUT2D eigenvalue weighted by Gasteiger charge is -2.29. The van der Waals surface area contributed by atoms with Gasteiger partial charge in [0.05, 0.1) is 12.1 Å². The topological polar surface area (TPSA) is 65.6 Å². The van der Waals surface area contributed by atoms with Crippen LogP contribution in [-0.2, 0) is 11.2 Å². The van der Waals surface area contributed by atoms with E-state index in [1.54, 1.807) is 31.7 Å². The average molecular weight is 369 g/mol. The van der Waals surface area contributed by atoms with E-state index < -0.39 is 23.8 Å². The minimum absolute atomic E-state index is 0.353. The molecular weight excluding hydrogens is 347 g/mol. The molecule has 2 aromatic rings. The number of hydrogen-bond donors (Lipinski definition) is 2. The molecule has 1 aromatic heterocycles. The van der Waals surface area contributed by atoms with Gasteiger partial charge in [0.25, 0.3) is 0 Å². The molecule has 1 aliphatic heterocycles. The number of carbonyl (C=O) groups excluding carboxylic acids is 1. The molecule has 1 amide bonds. The molecule has 1 aliphatic rings. The third kappa shape index (κ3) is 3.75. The van der Waals surface area contributed by atoms with E-state index in [-0.39, 0.29) is 5.82 Å². The minimum Gasteiger partial charge on any atom is -0.444 e. The van der Waals surface area contributed by atoms with Crippen molar-refractivity contribution in [3.63, 3.8) is 0 Å². The summed E-state index contributed by atoms with van der Waals surface area (Å²) in [5.41, 5.74) is 0.748. The van der Waals surface area contributed by atoms with Crippen LogP contribution in [0.15, 0.2) is 18.2 Å². The molecule has 2 atom stereocenters. The lowest BCUT2D eigenvalue weighted by Crippen LogP contribution is -2.43. The number of rotatable bonds is 2. The first kappa shape index (κ1) is 18.0. The van der Waals surface area contributed by atoms with Gasteiger partial charge in [0.2, 0.25) is 0 Å². The monoisotopic (exact) mass is 368 g/mol. The number of halogens is 2. The van der Waals surface area contributed by atoms with E-state index in [1.165, 1.54) is 12.1 Å². The molecule has 1 saturated heterocycles. The van der Waals surface area contributed by atoms with Crippen LogP contribution in [0.25, 0.3) is 10.9 Å². The van der Waals surface area contributed by atoms with Gasteiger partial charge in [0.1, 0.15) is 16.6 Å². The number of aliphatic hydroxyl groups is 1. The standard InChI is InChI=1S/C18H22ClFN2O3/c1-18(2,3)25-17(24)22-7-6-15(23)14(22)9-12-11-5-4-10(20)8-13(11)21-16(12)19/h4-5,8,14-15,21,23H,6-7,9H2,1-3H3/t14-,15+/m1/s1. The number of nitrogens with one attached hydrogen (secondary N) is 1. The summed E-state index contributed by atoms with van der Waals surface area (Å²) in [5, 5.41) is 11.5. The molecule has 0 aliphatic carbocycles.